The Balaban J connectivity index is 0.00000180. The zero-order valence-corrected chi connectivity index (χ0v) is 13.4. The molecule has 19 heavy (non-hydrogen) atoms. The van der Waals surface area contributed by atoms with E-state index in [0.29, 0.717) is 10.9 Å². The molecule has 1 saturated heterocycles. The molecule has 1 aliphatic heterocycles. The molecule has 4 heteroatoms. The van der Waals surface area contributed by atoms with Gasteiger partial charge in [-0.15, -0.1) is 12.4 Å². The van der Waals surface area contributed by atoms with Crippen LogP contribution in [0.5, 0.6) is 5.75 Å². The van der Waals surface area contributed by atoms with Crippen LogP contribution in [0.1, 0.15) is 32.8 Å². The summed E-state index contributed by atoms with van der Waals surface area (Å²) >= 11 is 6.28. The first-order valence-electron chi connectivity index (χ1n) is 6.60. The molecule has 108 valence electrons. The van der Waals surface area contributed by atoms with Crippen LogP contribution in [0.4, 0.5) is 0 Å². The van der Waals surface area contributed by atoms with E-state index in [-0.39, 0.29) is 17.8 Å². The number of benzene rings is 1. The van der Waals surface area contributed by atoms with Crippen molar-refractivity contribution in [1.82, 2.24) is 5.32 Å². The van der Waals surface area contributed by atoms with Crippen LogP contribution < -0.4 is 10.1 Å². The van der Waals surface area contributed by atoms with Gasteiger partial charge < -0.3 is 10.1 Å². The Labute approximate surface area is 127 Å². The highest BCUT2D eigenvalue weighted by Gasteiger charge is 2.17. The van der Waals surface area contributed by atoms with E-state index >= 15 is 0 Å². The average molecular weight is 304 g/mol. The van der Waals surface area contributed by atoms with Crippen LogP contribution in [0.25, 0.3) is 0 Å². The number of halogens is 2. The summed E-state index contributed by atoms with van der Waals surface area (Å²) in [6, 6.07) is 6.11. The molecule has 1 aliphatic rings. The van der Waals surface area contributed by atoms with Crippen molar-refractivity contribution in [2.75, 3.05) is 19.7 Å². The average Bonchev–Trinajstić information content (AvgIpc) is 2.79. The third-order valence-corrected chi connectivity index (χ3v) is 3.73. The van der Waals surface area contributed by atoms with Crippen molar-refractivity contribution in [3.63, 3.8) is 0 Å². The smallest absolute Gasteiger partial charge is 0.137 e. The highest BCUT2D eigenvalue weighted by molar-refractivity contribution is 6.32. The lowest BCUT2D eigenvalue weighted by Crippen LogP contribution is -2.16. The molecule has 1 unspecified atom stereocenters. The minimum atomic E-state index is 0. The molecule has 0 amide bonds. The van der Waals surface area contributed by atoms with Gasteiger partial charge in [-0.05, 0) is 36.1 Å². The molecular formula is C15H23Cl2NO. The minimum absolute atomic E-state index is 0. The molecule has 0 aliphatic carbocycles. The minimum Gasteiger partial charge on any atom is -0.492 e. The molecule has 1 fully saturated rings. The van der Waals surface area contributed by atoms with Crippen LogP contribution in [0.3, 0.4) is 0 Å². The molecular weight excluding hydrogens is 281 g/mol. The van der Waals surface area contributed by atoms with Crippen molar-refractivity contribution in [3.8, 4) is 5.75 Å². The van der Waals surface area contributed by atoms with Gasteiger partial charge in [0.15, 0.2) is 0 Å². The number of hydrogen-bond donors (Lipinski definition) is 1. The Morgan fingerprint density at radius 3 is 2.63 bits per heavy atom. The van der Waals surface area contributed by atoms with Crippen LogP contribution in [0.2, 0.25) is 5.02 Å². The van der Waals surface area contributed by atoms with Crippen LogP contribution >= 0.6 is 24.0 Å². The van der Waals surface area contributed by atoms with Crippen molar-refractivity contribution >= 4 is 24.0 Å². The molecule has 1 N–H and O–H groups in total. The first kappa shape index (κ1) is 16.6. The first-order chi connectivity index (χ1) is 8.47. The van der Waals surface area contributed by atoms with Crippen LogP contribution in [-0.4, -0.2) is 19.7 Å². The van der Waals surface area contributed by atoms with Gasteiger partial charge >= 0.3 is 0 Å². The summed E-state index contributed by atoms with van der Waals surface area (Å²) in [7, 11) is 0. The third kappa shape index (κ3) is 4.55. The monoisotopic (exact) mass is 303 g/mol. The van der Waals surface area contributed by atoms with Crippen LogP contribution in [0.15, 0.2) is 18.2 Å². The van der Waals surface area contributed by atoms with E-state index in [9.17, 15) is 0 Å². The fourth-order valence-electron chi connectivity index (χ4n) is 2.15. The van der Waals surface area contributed by atoms with Gasteiger partial charge in [-0.3, -0.25) is 0 Å². The molecule has 1 atom stereocenters. The van der Waals surface area contributed by atoms with Gasteiger partial charge in [-0.2, -0.15) is 0 Å². The number of nitrogens with one attached hydrogen (secondary N) is 1. The van der Waals surface area contributed by atoms with Gasteiger partial charge in [0.2, 0.25) is 0 Å². The Kier molecular flexibility index (Phi) is 5.97. The van der Waals surface area contributed by atoms with E-state index < -0.39 is 0 Å². The SMILES string of the molecule is CC(C)(C)c1ccc(OCC2CCNC2)c(Cl)c1.Cl. The number of rotatable bonds is 3. The molecule has 0 spiro atoms. The summed E-state index contributed by atoms with van der Waals surface area (Å²) in [5.74, 6) is 1.42. The Morgan fingerprint density at radius 2 is 2.11 bits per heavy atom. The fraction of sp³-hybridized carbons (Fsp3) is 0.600. The normalized spacial score (nSPS) is 19.1. The van der Waals surface area contributed by atoms with Gasteiger partial charge in [0.1, 0.15) is 5.75 Å². The largest absolute Gasteiger partial charge is 0.492 e. The van der Waals surface area contributed by atoms with Crippen LogP contribution in [-0.2, 0) is 5.41 Å². The summed E-state index contributed by atoms with van der Waals surface area (Å²) in [5.41, 5.74) is 1.36. The summed E-state index contributed by atoms with van der Waals surface area (Å²) in [6.07, 6.45) is 1.19. The van der Waals surface area contributed by atoms with E-state index in [0.717, 1.165) is 25.4 Å². The Hall–Kier alpha value is -0.440. The quantitative estimate of drug-likeness (QED) is 0.909. The van der Waals surface area contributed by atoms with E-state index in [1.165, 1.54) is 12.0 Å². The fourth-order valence-corrected chi connectivity index (χ4v) is 2.38. The second-order valence-electron chi connectivity index (χ2n) is 6.07. The predicted molar refractivity (Wildman–Crippen MR) is 83.9 cm³/mol. The molecule has 0 saturated carbocycles. The molecule has 2 nitrogen and oxygen atoms in total. The highest BCUT2D eigenvalue weighted by atomic mass is 35.5. The lowest BCUT2D eigenvalue weighted by molar-refractivity contribution is 0.260. The standard InChI is InChI=1S/C15H22ClNO.ClH/c1-15(2,3)12-4-5-14(13(16)8-12)18-10-11-6-7-17-9-11;/h4-5,8,11,17H,6-7,9-10H2,1-3H3;1H. The Bertz CT molecular complexity index is 409. The van der Waals surface area contributed by atoms with Gasteiger partial charge in [0.25, 0.3) is 0 Å². The summed E-state index contributed by atoms with van der Waals surface area (Å²) in [5, 5.41) is 4.06. The predicted octanol–water partition coefficient (Wildman–Crippen LogP) is 4.05. The Morgan fingerprint density at radius 1 is 1.37 bits per heavy atom. The summed E-state index contributed by atoms with van der Waals surface area (Å²) in [4.78, 5) is 0. The van der Waals surface area contributed by atoms with Crippen molar-refractivity contribution in [2.45, 2.75) is 32.6 Å². The maximum absolute atomic E-state index is 6.28. The molecule has 1 aromatic carbocycles. The van der Waals surface area contributed by atoms with Crippen molar-refractivity contribution in [3.05, 3.63) is 28.8 Å². The van der Waals surface area contributed by atoms with E-state index in [1.807, 2.05) is 12.1 Å². The zero-order chi connectivity index (χ0) is 13.2. The molecule has 1 heterocycles. The maximum Gasteiger partial charge on any atom is 0.137 e. The van der Waals surface area contributed by atoms with Crippen molar-refractivity contribution in [2.24, 2.45) is 5.92 Å². The van der Waals surface area contributed by atoms with Crippen LogP contribution in [0, 0.1) is 5.92 Å². The molecule has 0 radical (unpaired) electrons. The van der Waals surface area contributed by atoms with Gasteiger partial charge in [-0.1, -0.05) is 38.4 Å². The molecule has 2 rings (SSSR count). The lowest BCUT2D eigenvalue weighted by atomic mass is 9.87. The number of ether oxygens (including phenoxy) is 1. The van der Waals surface area contributed by atoms with Gasteiger partial charge in [0.05, 0.1) is 11.6 Å². The highest BCUT2D eigenvalue weighted by Crippen LogP contribution is 2.31. The summed E-state index contributed by atoms with van der Waals surface area (Å²) in [6.45, 7) is 9.46. The third-order valence-electron chi connectivity index (χ3n) is 3.43. The first-order valence-corrected chi connectivity index (χ1v) is 6.98. The second-order valence-corrected chi connectivity index (χ2v) is 6.47. The molecule has 0 aromatic heterocycles. The molecule has 1 aromatic rings. The zero-order valence-electron chi connectivity index (χ0n) is 11.8. The van der Waals surface area contributed by atoms with E-state index in [1.54, 1.807) is 0 Å². The topological polar surface area (TPSA) is 21.3 Å². The summed E-state index contributed by atoms with van der Waals surface area (Å²) < 4.78 is 5.82. The van der Waals surface area contributed by atoms with E-state index in [4.69, 9.17) is 16.3 Å². The van der Waals surface area contributed by atoms with Crippen molar-refractivity contribution < 1.29 is 4.74 Å². The molecule has 0 bridgehead atoms. The van der Waals surface area contributed by atoms with E-state index in [2.05, 4.69) is 32.2 Å². The second kappa shape index (κ2) is 6.83. The van der Waals surface area contributed by atoms with Gasteiger partial charge in [-0.25, -0.2) is 0 Å². The number of hydrogen-bond acceptors (Lipinski definition) is 2. The van der Waals surface area contributed by atoms with Crippen molar-refractivity contribution in [1.29, 1.82) is 0 Å². The maximum atomic E-state index is 6.28. The van der Waals surface area contributed by atoms with Gasteiger partial charge in [0, 0.05) is 12.5 Å². The lowest BCUT2D eigenvalue weighted by Gasteiger charge is -2.20.